The molecule has 716 valence electrons. The zero-order chi connectivity index (χ0) is 95.0. The molecular weight excluding hydrogens is 1730 g/mol. The van der Waals surface area contributed by atoms with Gasteiger partial charge in [-0.3, -0.25) is 28.8 Å². The number of hydrogen-bond acceptors (Lipinski definition) is 30. The lowest BCUT2D eigenvalue weighted by atomic mass is 9.78. The van der Waals surface area contributed by atoms with Crippen LogP contribution in [0.1, 0.15) is 174 Å². The maximum atomic E-state index is 14.9. The number of esters is 1. The predicted molar refractivity (Wildman–Crippen MR) is 501 cm³/mol. The summed E-state index contributed by atoms with van der Waals surface area (Å²) < 4.78 is 38.5. The summed E-state index contributed by atoms with van der Waals surface area (Å²) in [6.07, 6.45) is 23.6. The van der Waals surface area contributed by atoms with Crippen molar-refractivity contribution in [2.45, 2.75) is 213 Å². The Kier molecular flexibility index (Phi) is 30.1. The van der Waals surface area contributed by atoms with Crippen LogP contribution in [0.4, 0.5) is 28.5 Å². The van der Waals surface area contributed by atoms with Crippen molar-refractivity contribution in [3.05, 3.63) is 167 Å². The summed E-state index contributed by atoms with van der Waals surface area (Å²) in [4.78, 5) is 172. The molecule has 8 aliphatic rings. The van der Waals surface area contributed by atoms with Gasteiger partial charge in [-0.05, 0) is 142 Å². The van der Waals surface area contributed by atoms with Gasteiger partial charge in [0.2, 0.25) is 23.6 Å². The van der Waals surface area contributed by atoms with Crippen molar-refractivity contribution in [3.63, 3.8) is 0 Å². The molecule has 0 unspecified atom stereocenters. The molecule has 135 heavy (non-hydrogen) atoms. The smallest absolute Gasteiger partial charge is 0.410 e. The number of cyclic esters (lactones) is 1. The first-order valence-corrected chi connectivity index (χ1v) is 47.4. The van der Waals surface area contributed by atoms with Crippen molar-refractivity contribution in [1.29, 1.82) is 0 Å². The van der Waals surface area contributed by atoms with Gasteiger partial charge in [-0.15, -0.1) is 0 Å². The Hall–Kier alpha value is -12.2. The fourth-order valence-electron chi connectivity index (χ4n) is 20.3. The van der Waals surface area contributed by atoms with Crippen LogP contribution in [-0.4, -0.2) is 284 Å². The number of anilines is 4. The number of H-pyrrole nitrogens is 1. The number of aliphatic hydroxyl groups is 2. The molecule has 8 aromatic rings. The van der Waals surface area contributed by atoms with Gasteiger partial charge in [0, 0.05) is 197 Å². The fraction of sp³-hybridized carbons (Fsp3) is 0.535. The van der Waals surface area contributed by atoms with Crippen LogP contribution in [0.5, 0.6) is 0 Å². The number of piperazine rings is 2. The number of hydrogen-bond donors (Lipinski definition) is 4. The van der Waals surface area contributed by atoms with Crippen LogP contribution >= 0.6 is 0 Å². The van der Waals surface area contributed by atoms with Gasteiger partial charge in [0.1, 0.15) is 59.7 Å². The van der Waals surface area contributed by atoms with Gasteiger partial charge in [-0.1, -0.05) is 89.3 Å². The number of carbonyl (C=O) groups excluding carboxylic acids is 8. The summed E-state index contributed by atoms with van der Waals surface area (Å²) >= 11 is 0. The molecule has 4 amide bonds. The predicted octanol–water partition coefficient (Wildman–Crippen LogP) is 9.55. The lowest BCUT2D eigenvalue weighted by molar-refractivity contribution is -0.265. The van der Waals surface area contributed by atoms with E-state index in [-0.39, 0.29) is 67.6 Å². The van der Waals surface area contributed by atoms with Gasteiger partial charge in [0.15, 0.2) is 11.4 Å². The van der Waals surface area contributed by atoms with Gasteiger partial charge in [0.25, 0.3) is 23.5 Å². The standard InChI is InChI=1S/C99H124N20O16/c1-58-16-12-11-13-17-59(2)79(130-8)46-74-23-19-64(7)99(129,135-74)87(123)93(126)118-29-15-14-18-76(118)94(127)133-80(47-77(120)60(3)41-63(6)85(122)86(132-10)84(121)62(5)40-58)61(4)42-65-21-24-78(81(44-65)131-9)134-98(128)117-31-27-75-73(56-117)53-107-97(110-75)115-38-36-114(37-39-115)96-103-49-71(50-104-96)91(124)112-32-34-113(35-33-112)95-105-51-72(52-106-95)92(125)116-30-26-67-43-66(20-22-69(67)55-116)54-119-90-82(88(100)108-57-109-90)83(111-119)70-45-68-25-28-101-89(68)102-48-70/h11-13,16-17,20,22,25,28,41,43,45,48-53,57-58,60-62,64-65,74,76,78-81,85-86,122,129H,14-15,18-19,21,23-24,26-27,29-40,42,44,46-47,54-56H2,1-10H3,(H,101,102)(H2,100,108,109)/b13-11?,16-12+,59-17?,63-41+/t58-,60-,61-,62-,64-,65+,74+,76+,78-,79+,80+,81-,85-,86+,99-/m1/s1. The quantitative estimate of drug-likeness (QED) is 0.0421. The van der Waals surface area contributed by atoms with E-state index < -0.39 is 102 Å². The number of benzene rings is 1. The van der Waals surface area contributed by atoms with E-state index in [9.17, 15) is 48.6 Å². The largest absolute Gasteiger partial charge is 0.460 e. The van der Waals surface area contributed by atoms with E-state index in [0.717, 1.165) is 50.1 Å². The number of allylic oxidation sites excluding steroid dienone is 6. The molecule has 1 saturated carbocycles. The van der Waals surface area contributed by atoms with E-state index in [1.807, 2.05) is 84.0 Å². The molecule has 7 aromatic heterocycles. The highest BCUT2D eigenvalue weighted by Gasteiger charge is 2.54. The Morgan fingerprint density at radius 3 is 2.08 bits per heavy atom. The number of Topliss-reactive ketones (excluding diaryl/α,β-unsaturated/α-hetero) is 3. The number of aliphatic hydroxyl groups excluding tert-OH is 1. The molecule has 2 bridgehead atoms. The molecule has 14 heterocycles. The maximum absolute atomic E-state index is 14.9. The second kappa shape index (κ2) is 42.4. The number of methoxy groups -OCH3 is 3. The Morgan fingerprint density at radius 1 is 0.667 bits per heavy atom. The molecule has 0 radical (unpaired) electrons. The summed E-state index contributed by atoms with van der Waals surface area (Å²) in [6.45, 7) is 18.8. The molecule has 7 aliphatic heterocycles. The zero-order valence-electron chi connectivity index (χ0n) is 78.6. The molecule has 36 nitrogen and oxygen atoms in total. The minimum Gasteiger partial charge on any atom is -0.460 e. The van der Waals surface area contributed by atoms with Gasteiger partial charge in [-0.2, -0.15) is 5.10 Å². The Labute approximate surface area is 784 Å². The lowest BCUT2D eigenvalue weighted by Crippen LogP contribution is -2.61. The average Bonchev–Trinajstić information content (AvgIpc) is 1.71. The molecule has 16 rings (SSSR count). The molecule has 5 N–H and O–H groups in total. The maximum Gasteiger partial charge on any atom is 0.410 e. The molecular formula is C99H124N20O16. The zero-order valence-corrected chi connectivity index (χ0v) is 78.6. The van der Waals surface area contributed by atoms with E-state index in [4.69, 9.17) is 49.2 Å². The molecule has 15 atom stereocenters. The highest BCUT2D eigenvalue weighted by Crippen LogP contribution is 2.41. The third kappa shape index (κ3) is 21.5. The van der Waals surface area contributed by atoms with Gasteiger partial charge >= 0.3 is 12.1 Å². The number of piperidine rings is 1. The molecule has 1 aromatic carbocycles. The van der Waals surface area contributed by atoms with Crippen molar-refractivity contribution in [3.8, 4) is 11.3 Å². The van der Waals surface area contributed by atoms with Crippen LogP contribution in [0.2, 0.25) is 0 Å². The van der Waals surface area contributed by atoms with Crippen LogP contribution < -0.4 is 20.4 Å². The van der Waals surface area contributed by atoms with Crippen molar-refractivity contribution < 1.29 is 77.0 Å². The Balaban J connectivity index is 0.488. The molecule has 4 saturated heterocycles. The van der Waals surface area contributed by atoms with Crippen LogP contribution in [0.25, 0.3) is 33.3 Å². The molecule has 36 heteroatoms. The second-order valence-electron chi connectivity index (χ2n) is 37.7. The molecule has 0 spiro atoms. The monoisotopic (exact) mass is 1850 g/mol. The molecule has 5 fully saturated rings. The van der Waals surface area contributed by atoms with Crippen molar-refractivity contribution in [2.24, 2.45) is 35.5 Å². The fourth-order valence-corrected chi connectivity index (χ4v) is 20.3. The SMILES string of the molecule is CO[C@H]1C[C@@H]2CC[C@@H](C)[C@@](O)(O2)C(=O)C(=O)N2CCCC[C@H]2C(=O)O[C@H]([C@H](C)C[C@@H]2CC[C@@H](OC(=O)N3CCc4nc(N5CCN(c6ncc(C(=O)N7CCN(c8ncc(C(=O)N9CCc%10cc(Cn%11nc(-c%12cnc%13[nH]ccc%13c%12)c%12c(N)ncnc%12%11)ccc%10C9)cn8)CC7)cn6)CC5)ncc4C3)[C@H](OC)C2)CC(=O)[C@H](C)/C=C(\C)[C@@H](O)[C@@H](OC)C(=O)[C@H](C)C[C@H](C)/C=C/C=CC=C1C. The number of amides is 4. The lowest BCUT2D eigenvalue weighted by Gasteiger charge is -2.42. The first-order chi connectivity index (χ1) is 65.1. The number of pyridine rings is 1. The number of carbonyl (C=O) groups is 8. The minimum atomic E-state index is -2.49. The van der Waals surface area contributed by atoms with Crippen LogP contribution in [0.3, 0.4) is 0 Å². The summed E-state index contributed by atoms with van der Waals surface area (Å²) in [7, 11) is 4.52. The first-order valence-electron chi connectivity index (χ1n) is 47.4. The Morgan fingerprint density at radius 2 is 1.36 bits per heavy atom. The number of aromatic amines is 1. The third-order valence-corrected chi connectivity index (χ3v) is 28.5. The van der Waals surface area contributed by atoms with Crippen molar-refractivity contribution in [2.75, 3.05) is 114 Å². The number of nitrogens with two attached hydrogens (primary N) is 1. The summed E-state index contributed by atoms with van der Waals surface area (Å²) in [5, 5.41) is 30.5. The summed E-state index contributed by atoms with van der Waals surface area (Å²) in [5.74, 6) is -7.17. The van der Waals surface area contributed by atoms with Gasteiger partial charge in [0.05, 0.1) is 53.6 Å². The Bertz CT molecular complexity index is 5790. The topological polar surface area (TPSA) is 431 Å². The van der Waals surface area contributed by atoms with E-state index in [0.29, 0.717) is 206 Å². The molecule has 1 aliphatic carbocycles. The third-order valence-electron chi connectivity index (χ3n) is 28.5. The summed E-state index contributed by atoms with van der Waals surface area (Å²) in [6, 6.07) is 9.05. The number of rotatable bonds is 15. The van der Waals surface area contributed by atoms with Gasteiger partial charge < -0.3 is 83.7 Å². The number of ketones is 3. The van der Waals surface area contributed by atoms with Crippen molar-refractivity contribution in [1.82, 2.24) is 79.2 Å². The van der Waals surface area contributed by atoms with E-state index in [2.05, 4.69) is 67.9 Å². The first kappa shape index (κ1) is 95.9. The second-order valence-corrected chi connectivity index (χ2v) is 37.7. The highest BCUT2D eigenvalue weighted by molar-refractivity contribution is 6.39. The van der Waals surface area contributed by atoms with Gasteiger partial charge in [-0.25, -0.2) is 59.1 Å². The van der Waals surface area contributed by atoms with Crippen molar-refractivity contribution >= 4 is 92.9 Å². The number of nitrogens with zero attached hydrogens (tertiary/aromatic N) is 18. The van der Waals surface area contributed by atoms with Crippen LogP contribution in [0.15, 0.2) is 128 Å². The number of ether oxygens (including phenoxy) is 6. The number of fused-ring (bicyclic) bond motifs is 7. The van der Waals surface area contributed by atoms with E-state index in [1.165, 1.54) is 18.3 Å². The number of nitrogens with one attached hydrogen (secondary N) is 1. The van der Waals surface area contributed by atoms with E-state index >= 15 is 0 Å². The normalized spacial score (nSPS) is 27.3. The summed E-state index contributed by atoms with van der Waals surface area (Å²) in [5.41, 5.74) is 16.2. The minimum absolute atomic E-state index is 0.0253. The van der Waals surface area contributed by atoms with Crippen LogP contribution in [0, 0.1) is 35.5 Å². The highest BCUT2D eigenvalue weighted by atomic mass is 16.6. The average molecular weight is 1850 g/mol. The number of aromatic nitrogens is 12. The number of nitrogen functional groups attached to an aromatic ring is 1. The van der Waals surface area contributed by atoms with Crippen LogP contribution in [-0.2, 0) is 84.9 Å². The van der Waals surface area contributed by atoms with E-state index in [1.54, 1.807) is 95.0 Å².